The van der Waals surface area contributed by atoms with E-state index < -0.39 is 30.1 Å². The molecule has 1 heterocycles. The summed E-state index contributed by atoms with van der Waals surface area (Å²) in [7, 11) is 0. The minimum absolute atomic E-state index is 0.194. The van der Waals surface area contributed by atoms with E-state index in [9.17, 15) is 14.7 Å². The van der Waals surface area contributed by atoms with E-state index in [2.05, 4.69) is 5.32 Å². The van der Waals surface area contributed by atoms with Crippen LogP contribution in [0, 0.1) is 0 Å². The zero-order valence-electron chi connectivity index (χ0n) is 11.0. The third kappa shape index (κ3) is 2.78. The van der Waals surface area contributed by atoms with Gasteiger partial charge in [0.1, 0.15) is 18.0 Å². The first-order valence-electron chi connectivity index (χ1n) is 5.97. The number of amides is 1. The number of aliphatic hydroxyl groups is 1. The van der Waals surface area contributed by atoms with Crippen molar-refractivity contribution >= 4 is 12.4 Å². The highest BCUT2D eigenvalue weighted by molar-refractivity contribution is 5.73. The molecule has 1 aliphatic carbocycles. The minimum atomic E-state index is -1.02. The summed E-state index contributed by atoms with van der Waals surface area (Å²) >= 11 is 0. The molecule has 0 spiro atoms. The largest absolute Gasteiger partial charge is 0.431 e. The summed E-state index contributed by atoms with van der Waals surface area (Å²) in [5.74, 6) is -0.981. The van der Waals surface area contributed by atoms with Crippen LogP contribution < -0.4 is 5.32 Å². The van der Waals surface area contributed by atoms with Crippen molar-refractivity contribution in [1.82, 2.24) is 5.32 Å². The number of nitrogens with one attached hydrogen (secondary N) is 1. The van der Waals surface area contributed by atoms with Crippen molar-refractivity contribution in [1.29, 1.82) is 0 Å². The van der Waals surface area contributed by atoms with Crippen LogP contribution in [0.2, 0.25) is 0 Å². The quantitative estimate of drug-likeness (QED) is 0.668. The number of aliphatic hydroxyl groups excluding tert-OH is 1. The van der Waals surface area contributed by atoms with Crippen LogP contribution in [-0.2, 0) is 23.8 Å². The Bertz CT molecular complexity index is 418. The van der Waals surface area contributed by atoms with Crippen molar-refractivity contribution in [2.75, 3.05) is 0 Å². The molecule has 4 atom stereocenters. The molecule has 0 saturated carbocycles. The number of hydrogen-bond acceptors (Lipinski definition) is 6. The number of ether oxygens (including phenoxy) is 3. The van der Waals surface area contributed by atoms with E-state index in [0.717, 1.165) is 0 Å². The van der Waals surface area contributed by atoms with Gasteiger partial charge in [-0.15, -0.1) is 0 Å². The molecule has 1 saturated heterocycles. The van der Waals surface area contributed by atoms with Crippen molar-refractivity contribution in [3.05, 3.63) is 11.8 Å². The van der Waals surface area contributed by atoms with Gasteiger partial charge in [0, 0.05) is 6.92 Å². The molecule has 0 aromatic rings. The molecule has 7 nitrogen and oxygen atoms in total. The summed E-state index contributed by atoms with van der Waals surface area (Å²) < 4.78 is 16.1. The molecule has 7 heteroatoms. The highest BCUT2D eigenvalue weighted by Crippen LogP contribution is 2.37. The number of rotatable bonds is 3. The predicted molar refractivity (Wildman–Crippen MR) is 62.7 cm³/mol. The molecule has 0 bridgehead atoms. The first-order valence-corrected chi connectivity index (χ1v) is 5.97. The highest BCUT2D eigenvalue weighted by Gasteiger charge is 2.52. The van der Waals surface area contributed by atoms with Gasteiger partial charge in [0.25, 0.3) is 6.47 Å². The van der Waals surface area contributed by atoms with E-state index in [1.165, 1.54) is 13.0 Å². The van der Waals surface area contributed by atoms with Gasteiger partial charge in [-0.05, 0) is 19.9 Å². The molecule has 1 aliphatic heterocycles. The van der Waals surface area contributed by atoms with E-state index in [-0.39, 0.29) is 18.1 Å². The highest BCUT2D eigenvalue weighted by atomic mass is 16.8. The van der Waals surface area contributed by atoms with Crippen molar-refractivity contribution in [3.8, 4) is 0 Å². The van der Waals surface area contributed by atoms with Gasteiger partial charge in [-0.3, -0.25) is 9.59 Å². The molecule has 2 rings (SSSR count). The smallest absolute Gasteiger partial charge is 0.298 e. The van der Waals surface area contributed by atoms with E-state index >= 15 is 0 Å². The number of fused-ring (bicyclic) bond motifs is 1. The van der Waals surface area contributed by atoms with E-state index in [1.807, 2.05) is 0 Å². The third-order valence-corrected chi connectivity index (χ3v) is 3.02. The second kappa shape index (κ2) is 4.92. The summed E-state index contributed by atoms with van der Waals surface area (Å²) in [5.41, 5.74) is 0. The van der Waals surface area contributed by atoms with Crippen LogP contribution in [-0.4, -0.2) is 47.6 Å². The lowest BCUT2D eigenvalue weighted by molar-refractivity contribution is -0.151. The molecule has 2 N–H and O–H groups in total. The first kappa shape index (κ1) is 14.0. The molecule has 1 fully saturated rings. The van der Waals surface area contributed by atoms with E-state index in [4.69, 9.17) is 14.2 Å². The molecular weight excluding hydrogens is 254 g/mol. The van der Waals surface area contributed by atoms with Gasteiger partial charge in [0.2, 0.25) is 5.91 Å². The average Bonchev–Trinajstić information content (AvgIpc) is 2.60. The van der Waals surface area contributed by atoms with E-state index in [0.29, 0.717) is 0 Å². The Hall–Kier alpha value is -1.44. The van der Waals surface area contributed by atoms with Crippen LogP contribution in [0.25, 0.3) is 0 Å². The van der Waals surface area contributed by atoms with Gasteiger partial charge in [-0.25, -0.2) is 0 Å². The molecule has 1 amide bonds. The van der Waals surface area contributed by atoms with Gasteiger partial charge in [-0.2, -0.15) is 0 Å². The second-order valence-electron chi connectivity index (χ2n) is 5.02. The Morgan fingerprint density at radius 1 is 1.53 bits per heavy atom. The maximum Gasteiger partial charge on any atom is 0.298 e. The molecule has 19 heavy (non-hydrogen) atoms. The summed E-state index contributed by atoms with van der Waals surface area (Å²) in [4.78, 5) is 21.7. The molecule has 0 radical (unpaired) electrons. The van der Waals surface area contributed by atoms with Crippen LogP contribution in [0.5, 0.6) is 0 Å². The average molecular weight is 271 g/mol. The fourth-order valence-corrected chi connectivity index (χ4v) is 2.40. The van der Waals surface area contributed by atoms with Crippen LogP contribution in [0.3, 0.4) is 0 Å². The summed E-state index contributed by atoms with van der Waals surface area (Å²) in [6.45, 7) is 5.04. The fourth-order valence-electron chi connectivity index (χ4n) is 2.40. The van der Waals surface area contributed by atoms with Crippen molar-refractivity contribution < 1.29 is 28.9 Å². The summed E-state index contributed by atoms with van der Waals surface area (Å²) in [6.07, 6.45) is -0.923. The maximum atomic E-state index is 11.2. The monoisotopic (exact) mass is 271 g/mol. The SMILES string of the molecule is CC(=O)N[C@H]1[C@@H]2OC(C)(C)O[C@@H]2C(OC=O)=C[C@H]1O. The van der Waals surface area contributed by atoms with Gasteiger partial charge < -0.3 is 24.6 Å². The normalized spacial score (nSPS) is 36.1. The Kier molecular flexibility index (Phi) is 3.62. The zero-order chi connectivity index (χ0) is 14.2. The van der Waals surface area contributed by atoms with E-state index in [1.54, 1.807) is 13.8 Å². The molecule has 0 aromatic carbocycles. The molecular formula is C12H17NO6. The van der Waals surface area contributed by atoms with Gasteiger partial charge in [0.05, 0.1) is 12.1 Å². The number of carbonyl (C=O) groups is 2. The topological polar surface area (TPSA) is 94.1 Å². The second-order valence-corrected chi connectivity index (χ2v) is 5.02. The van der Waals surface area contributed by atoms with Crippen LogP contribution >= 0.6 is 0 Å². The standard InChI is InChI=1S/C12H17NO6/c1-6(15)13-9-7(16)4-8(17-5-14)10-11(9)19-12(2,3)18-10/h4-5,7,9-11,16H,1-3H3,(H,13,15)/t7-,9-,10-,11+/m1/s1. The van der Waals surface area contributed by atoms with Crippen molar-refractivity contribution in [2.24, 2.45) is 0 Å². The lowest BCUT2D eigenvalue weighted by Gasteiger charge is -2.33. The zero-order valence-corrected chi connectivity index (χ0v) is 11.0. The third-order valence-electron chi connectivity index (χ3n) is 3.02. The Morgan fingerprint density at radius 2 is 2.21 bits per heavy atom. The van der Waals surface area contributed by atoms with Crippen LogP contribution in [0.15, 0.2) is 11.8 Å². The molecule has 0 aromatic heterocycles. The molecule has 2 aliphatic rings. The number of carbonyl (C=O) groups excluding carboxylic acids is 2. The van der Waals surface area contributed by atoms with Crippen molar-refractivity contribution in [3.63, 3.8) is 0 Å². The lowest BCUT2D eigenvalue weighted by atomic mass is 9.92. The summed E-state index contributed by atoms with van der Waals surface area (Å²) in [6, 6.07) is -0.650. The maximum absolute atomic E-state index is 11.2. The first-order chi connectivity index (χ1) is 8.84. The van der Waals surface area contributed by atoms with Crippen LogP contribution in [0.1, 0.15) is 20.8 Å². The molecule has 0 unspecified atom stereocenters. The molecule has 106 valence electrons. The fraction of sp³-hybridized carbons (Fsp3) is 0.667. The van der Waals surface area contributed by atoms with Gasteiger partial charge >= 0.3 is 0 Å². The van der Waals surface area contributed by atoms with Gasteiger partial charge in [0.15, 0.2) is 5.79 Å². The van der Waals surface area contributed by atoms with Crippen LogP contribution in [0.4, 0.5) is 0 Å². The minimum Gasteiger partial charge on any atom is -0.431 e. The Labute approximate surface area is 110 Å². The number of hydrogen-bond donors (Lipinski definition) is 2. The summed E-state index contributed by atoms with van der Waals surface area (Å²) in [5, 5.41) is 12.6. The van der Waals surface area contributed by atoms with Gasteiger partial charge in [-0.1, -0.05) is 0 Å². The Balaban J connectivity index is 2.29. The lowest BCUT2D eigenvalue weighted by Crippen LogP contribution is -2.56. The Morgan fingerprint density at radius 3 is 2.79 bits per heavy atom. The van der Waals surface area contributed by atoms with Crippen molar-refractivity contribution in [2.45, 2.75) is 50.9 Å². The predicted octanol–water partition coefficient (Wildman–Crippen LogP) is -0.557.